The van der Waals surface area contributed by atoms with Crippen molar-refractivity contribution < 1.29 is 14.3 Å². The lowest BCUT2D eigenvalue weighted by atomic mass is 10.1. The predicted octanol–water partition coefficient (Wildman–Crippen LogP) is 2.97. The molecule has 0 aliphatic carbocycles. The summed E-state index contributed by atoms with van der Waals surface area (Å²) in [5, 5.41) is 6.27. The van der Waals surface area contributed by atoms with Crippen molar-refractivity contribution in [3.05, 3.63) is 54.1 Å². The minimum Gasteiger partial charge on any atom is -0.495 e. The molecule has 2 N–H and O–H groups in total. The second-order valence-electron chi connectivity index (χ2n) is 7.02. The second-order valence-corrected chi connectivity index (χ2v) is 7.02. The number of ether oxygens (including phenoxy) is 1. The minimum absolute atomic E-state index is 0.0465. The largest absolute Gasteiger partial charge is 0.495 e. The van der Waals surface area contributed by atoms with Crippen LogP contribution in [0, 0.1) is 12.8 Å². The number of methoxy groups -OCH3 is 1. The summed E-state index contributed by atoms with van der Waals surface area (Å²) >= 11 is 0. The molecule has 1 heterocycles. The van der Waals surface area contributed by atoms with Crippen LogP contribution < -0.4 is 20.3 Å². The number of aryl methyl sites for hydroxylation is 1. The number of nitrogens with zero attached hydrogens (tertiary/aromatic N) is 1. The van der Waals surface area contributed by atoms with E-state index in [1.807, 2.05) is 55.5 Å². The van der Waals surface area contributed by atoms with Crippen LogP contribution in [0.4, 0.5) is 11.4 Å². The Morgan fingerprint density at radius 1 is 1.18 bits per heavy atom. The maximum atomic E-state index is 12.5. The molecule has 0 radical (unpaired) electrons. The van der Waals surface area contributed by atoms with Gasteiger partial charge in [0.05, 0.1) is 18.7 Å². The average molecular weight is 381 g/mol. The first-order valence-corrected chi connectivity index (χ1v) is 9.60. The van der Waals surface area contributed by atoms with Crippen LogP contribution in [-0.2, 0) is 9.59 Å². The molecule has 0 saturated carbocycles. The van der Waals surface area contributed by atoms with Crippen LogP contribution >= 0.6 is 0 Å². The molecule has 2 amide bonds. The monoisotopic (exact) mass is 381 g/mol. The molecule has 1 fully saturated rings. The fourth-order valence-electron chi connectivity index (χ4n) is 3.36. The lowest BCUT2D eigenvalue weighted by Gasteiger charge is -2.20. The van der Waals surface area contributed by atoms with Crippen LogP contribution in [0.15, 0.2) is 48.5 Å². The predicted molar refractivity (Wildman–Crippen MR) is 111 cm³/mol. The van der Waals surface area contributed by atoms with E-state index in [4.69, 9.17) is 4.74 Å². The zero-order valence-corrected chi connectivity index (χ0v) is 16.4. The summed E-state index contributed by atoms with van der Waals surface area (Å²) in [5.74, 6) is 0.198. The molecule has 1 unspecified atom stereocenters. The van der Waals surface area contributed by atoms with E-state index in [-0.39, 0.29) is 24.2 Å². The standard InChI is InChI=1S/C22H27N3O3/c1-16-9-10-20(28-2)19(13-16)25-15-17(14-21(25)26)22(27)24-12-6-11-23-18-7-4-3-5-8-18/h3-5,7-10,13,17,23H,6,11-12,14-15H2,1-2H3,(H,24,27). The van der Waals surface area contributed by atoms with Gasteiger partial charge in [-0.15, -0.1) is 0 Å². The van der Waals surface area contributed by atoms with E-state index in [2.05, 4.69) is 10.6 Å². The van der Waals surface area contributed by atoms with Crippen molar-refractivity contribution in [1.82, 2.24) is 5.32 Å². The Kier molecular flexibility index (Phi) is 6.53. The molecule has 0 spiro atoms. The van der Waals surface area contributed by atoms with E-state index in [1.165, 1.54) is 0 Å². The van der Waals surface area contributed by atoms with E-state index < -0.39 is 0 Å². The van der Waals surface area contributed by atoms with E-state index in [0.29, 0.717) is 18.8 Å². The molecular formula is C22H27N3O3. The molecule has 1 atom stereocenters. The van der Waals surface area contributed by atoms with E-state index in [0.717, 1.165) is 29.9 Å². The van der Waals surface area contributed by atoms with Crippen molar-refractivity contribution in [1.29, 1.82) is 0 Å². The van der Waals surface area contributed by atoms with Crippen LogP contribution in [0.3, 0.4) is 0 Å². The van der Waals surface area contributed by atoms with Gasteiger partial charge in [-0.2, -0.15) is 0 Å². The number of rotatable bonds is 8. The highest BCUT2D eigenvalue weighted by atomic mass is 16.5. The van der Waals surface area contributed by atoms with Crippen LogP contribution in [0.1, 0.15) is 18.4 Å². The fourth-order valence-corrected chi connectivity index (χ4v) is 3.36. The molecular weight excluding hydrogens is 354 g/mol. The van der Waals surface area contributed by atoms with E-state index in [1.54, 1.807) is 12.0 Å². The summed E-state index contributed by atoms with van der Waals surface area (Å²) < 4.78 is 5.38. The Morgan fingerprint density at radius 2 is 1.96 bits per heavy atom. The molecule has 1 aliphatic heterocycles. The second kappa shape index (κ2) is 9.26. The fraction of sp³-hybridized carbons (Fsp3) is 0.364. The van der Waals surface area contributed by atoms with Gasteiger partial charge in [-0.25, -0.2) is 0 Å². The van der Waals surface area contributed by atoms with Crippen molar-refractivity contribution in [3.63, 3.8) is 0 Å². The highest BCUT2D eigenvalue weighted by Gasteiger charge is 2.36. The molecule has 1 aliphatic rings. The zero-order chi connectivity index (χ0) is 19.9. The van der Waals surface area contributed by atoms with Gasteiger partial charge in [0.25, 0.3) is 0 Å². The van der Waals surface area contributed by atoms with Crippen molar-refractivity contribution in [3.8, 4) is 5.75 Å². The third-order valence-corrected chi connectivity index (χ3v) is 4.88. The first-order chi connectivity index (χ1) is 13.6. The van der Waals surface area contributed by atoms with E-state index >= 15 is 0 Å². The maximum Gasteiger partial charge on any atom is 0.227 e. The summed E-state index contributed by atoms with van der Waals surface area (Å²) in [6.07, 6.45) is 1.04. The topological polar surface area (TPSA) is 70.7 Å². The summed E-state index contributed by atoms with van der Waals surface area (Å²) in [6, 6.07) is 15.7. The quantitative estimate of drug-likeness (QED) is 0.690. The minimum atomic E-state index is -0.334. The van der Waals surface area contributed by atoms with Gasteiger partial charge in [-0.1, -0.05) is 24.3 Å². The number of anilines is 2. The molecule has 2 aromatic rings. The van der Waals surface area contributed by atoms with Gasteiger partial charge in [0.2, 0.25) is 11.8 Å². The van der Waals surface area contributed by atoms with Crippen LogP contribution in [0.25, 0.3) is 0 Å². The van der Waals surface area contributed by atoms with Gasteiger partial charge >= 0.3 is 0 Å². The molecule has 0 bridgehead atoms. The van der Waals surface area contributed by atoms with Crippen LogP contribution in [-0.4, -0.2) is 38.6 Å². The highest BCUT2D eigenvalue weighted by molar-refractivity contribution is 6.01. The van der Waals surface area contributed by atoms with Gasteiger partial charge in [-0.3, -0.25) is 9.59 Å². The normalized spacial score (nSPS) is 16.1. The van der Waals surface area contributed by atoms with Gasteiger partial charge in [0.1, 0.15) is 5.75 Å². The van der Waals surface area contributed by atoms with Gasteiger partial charge in [0, 0.05) is 31.7 Å². The third kappa shape index (κ3) is 4.82. The molecule has 148 valence electrons. The molecule has 6 heteroatoms. The van der Waals surface area contributed by atoms with Gasteiger partial charge in [-0.05, 0) is 43.2 Å². The number of amides is 2. The molecule has 0 aromatic heterocycles. The van der Waals surface area contributed by atoms with Crippen molar-refractivity contribution in [2.24, 2.45) is 5.92 Å². The van der Waals surface area contributed by atoms with E-state index in [9.17, 15) is 9.59 Å². The summed E-state index contributed by atoms with van der Waals surface area (Å²) in [4.78, 5) is 26.6. The van der Waals surface area contributed by atoms with Gasteiger partial charge in [0.15, 0.2) is 0 Å². The number of hydrogen-bond acceptors (Lipinski definition) is 4. The first-order valence-electron chi connectivity index (χ1n) is 9.60. The zero-order valence-electron chi connectivity index (χ0n) is 16.4. The molecule has 2 aromatic carbocycles. The average Bonchev–Trinajstić information content (AvgIpc) is 3.10. The Hall–Kier alpha value is -3.02. The lowest BCUT2D eigenvalue weighted by Crippen LogP contribution is -2.34. The lowest BCUT2D eigenvalue weighted by molar-refractivity contribution is -0.126. The van der Waals surface area contributed by atoms with Crippen LogP contribution in [0.2, 0.25) is 0 Å². The first kappa shape index (κ1) is 19.7. The number of benzene rings is 2. The van der Waals surface area contributed by atoms with Crippen LogP contribution in [0.5, 0.6) is 5.75 Å². The molecule has 28 heavy (non-hydrogen) atoms. The number of carbonyl (C=O) groups excluding carboxylic acids is 2. The van der Waals surface area contributed by atoms with Gasteiger partial charge < -0.3 is 20.3 Å². The Labute approximate surface area is 165 Å². The Balaban J connectivity index is 1.48. The maximum absolute atomic E-state index is 12.5. The smallest absolute Gasteiger partial charge is 0.227 e. The Morgan fingerprint density at radius 3 is 2.71 bits per heavy atom. The summed E-state index contributed by atoms with van der Waals surface area (Å²) in [5.41, 5.74) is 2.84. The summed E-state index contributed by atoms with van der Waals surface area (Å²) in [6.45, 7) is 3.71. The molecule has 6 nitrogen and oxygen atoms in total. The molecule has 3 rings (SSSR count). The number of para-hydroxylation sites is 1. The Bertz CT molecular complexity index is 823. The van der Waals surface area contributed by atoms with Crippen molar-refractivity contribution in [2.75, 3.05) is 37.0 Å². The molecule has 1 saturated heterocycles. The highest BCUT2D eigenvalue weighted by Crippen LogP contribution is 2.33. The third-order valence-electron chi connectivity index (χ3n) is 4.88. The number of carbonyl (C=O) groups is 2. The number of nitrogens with one attached hydrogen (secondary N) is 2. The SMILES string of the molecule is COc1ccc(C)cc1N1CC(C(=O)NCCCNc2ccccc2)CC1=O. The summed E-state index contributed by atoms with van der Waals surface area (Å²) in [7, 11) is 1.59. The number of hydrogen-bond donors (Lipinski definition) is 2. The van der Waals surface area contributed by atoms with Crippen molar-refractivity contribution in [2.45, 2.75) is 19.8 Å². The van der Waals surface area contributed by atoms with Crippen molar-refractivity contribution >= 4 is 23.2 Å².